The zero-order valence-corrected chi connectivity index (χ0v) is 21.1. The Morgan fingerprint density at radius 1 is 1.24 bits per heavy atom. The molecule has 0 amide bonds. The molecule has 2 atom stereocenters. The Labute approximate surface area is 219 Å². The zero-order chi connectivity index (χ0) is 27.3. The topological polar surface area (TPSA) is 83.4 Å². The van der Waals surface area contributed by atoms with Gasteiger partial charge < -0.3 is 15.2 Å². The molecular formula is C27H31F4N5O2. The lowest BCUT2D eigenvalue weighted by atomic mass is 10.00. The highest BCUT2D eigenvalue weighted by Gasteiger charge is 2.33. The van der Waals surface area contributed by atoms with Gasteiger partial charge in [0.2, 0.25) is 5.95 Å². The van der Waals surface area contributed by atoms with E-state index in [1.165, 1.54) is 18.2 Å². The average Bonchev–Trinajstić information content (AvgIpc) is 3.14. The molecule has 2 heterocycles. The van der Waals surface area contributed by atoms with E-state index in [0.29, 0.717) is 55.2 Å². The van der Waals surface area contributed by atoms with E-state index in [0.717, 1.165) is 18.9 Å². The van der Waals surface area contributed by atoms with Crippen molar-refractivity contribution in [1.29, 1.82) is 0 Å². The van der Waals surface area contributed by atoms with Crippen LogP contribution in [0.4, 0.5) is 23.5 Å². The Kier molecular flexibility index (Phi) is 8.78. The van der Waals surface area contributed by atoms with Crippen LogP contribution in [0.5, 0.6) is 6.01 Å². The molecule has 2 unspecified atom stereocenters. The van der Waals surface area contributed by atoms with Gasteiger partial charge in [-0.15, -0.1) is 0 Å². The lowest BCUT2D eigenvalue weighted by Crippen LogP contribution is -2.36. The molecule has 1 aromatic carbocycles. The zero-order valence-electron chi connectivity index (χ0n) is 21.1. The van der Waals surface area contributed by atoms with E-state index in [4.69, 9.17) is 4.74 Å². The minimum atomic E-state index is -4.43. The molecular weight excluding hydrogens is 502 g/mol. The normalized spacial score (nSPS) is 19.7. The maximum Gasteiger partial charge on any atom is 0.416 e. The van der Waals surface area contributed by atoms with Crippen molar-refractivity contribution in [3.8, 4) is 6.01 Å². The number of nitrogens with one attached hydrogen (secondary N) is 1. The molecule has 2 aromatic rings. The molecule has 0 spiro atoms. The molecule has 204 valence electrons. The second-order valence-electron chi connectivity index (χ2n) is 9.30. The molecule has 0 saturated carbocycles. The molecule has 1 aliphatic carbocycles. The number of hydrogen-bond acceptors (Lipinski definition) is 7. The summed E-state index contributed by atoms with van der Waals surface area (Å²) >= 11 is 0. The van der Waals surface area contributed by atoms with Crippen molar-refractivity contribution in [3.05, 3.63) is 71.5 Å². The van der Waals surface area contributed by atoms with Crippen molar-refractivity contribution in [1.82, 2.24) is 19.9 Å². The number of rotatable bonds is 8. The molecule has 2 aliphatic rings. The Hall–Kier alpha value is -3.31. The molecule has 1 aliphatic heterocycles. The highest BCUT2D eigenvalue weighted by atomic mass is 19.4. The molecule has 4 rings (SSSR count). The van der Waals surface area contributed by atoms with E-state index >= 15 is 0 Å². The van der Waals surface area contributed by atoms with Gasteiger partial charge in [0.25, 0.3) is 0 Å². The molecule has 11 heteroatoms. The van der Waals surface area contributed by atoms with Crippen LogP contribution in [-0.4, -0.2) is 57.1 Å². The van der Waals surface area contributed by atoms with Gasteiger partial charge in [0.15, 0.2) is 0 Å². The fourth-order valence-electron chi connectivity index (χ4n) is 4.62. The van der Waals surface area contributed by atoms with Crippen molar-refractivity contribution < 1.29 is 27.4 Å². The Bertz CT molecular complexity index is 1210. The van der Waals surface area contributed by atoms with Gasteiger partial charge >= 0.3 is 12.2 Å². The van der Waals surface area contributed by atoms with E-state index < -0.39 is 23.8 Å². The first-order valence-corrected chi connectivity index (χ1v) is 12.6. The number of anilines is 1. The van der Waals surface area contributed by atoms with E-state index in [-0.39, 0.29) is 24.3 Å². The van der Waals surface area contributed by atoms with Crippen LogP contribution in [0.3, 0.4) is 0 Å². The highest BCUT2D eigenvalue weighted by molar-refractivity contribution is 5.66. The van der Waals surface area contributed by atoms with Gasteiger partial charge in [-0.05, 0) is 68.4 Å². The summed E-state index contributed by atoms with van der Waals surface area (Å²) in [5.41, 5.74) is 0.618. The van der Waals surface area contributed by atoms with Crippen LogP contribution < -0.4 is 10.1 Å². The number of ether oxygens (including phenoxy) is 1. The number of aliphatic hydroxyl groups excluding tert-OH is 1. The number of likely N-dealkylation sites (tertiary alicyclic amines) is 1. The standard InChI is InChI=1S/C27H31F4N5O2/c1-3-38-26-34-23(33-25(35-26)32-22-11-5-9-20(16-22)27(29,30)31)18-8-6-13-36(14-12-18)24(37)17(2)19-7-4-10-21(28)15-19/h4,7,9-10,15-16,18,24,37H,2-3,5-6,8,11-14H2,1H3,(H,32,33,34,35). The number of allylic oxidation sites excluding steroid dienone is 4. The van der Waals surface area contributed by atoms with Gasteiger partial charge in [-0.2, -0.15) is 28.1 Å². The molecule has 38 heavy (non-hydrogen) atoms. The molecule has 1 saturated heterocycles. The maximum atomic E-state index is 13.6. The maximum absolute atomic E-state index is 13.6. The van der Waals surface area contributed by atoms with Crippen molar-refractivity contribution in [2.24, 2.45) is 0 Å². The predicted molar refractivity (Wildman–Crippen MR) is 136 cm³/mol. The summed E-state index contributed by atoms with van der Waals surface area (Å²) in [6.45, 7) is 7.19. The van der Waals surface area contributed by atoms with Crippen LogP contribution in [0.2, 0.25) is 0 Å². The van der Waals surface area contributed by atoms with Gasteiger partial charge in [0, 0.05) is 24.7 Å². The number of halogens is 4. The summed E-state index contributed by atoms with van der Waals surface area (Å²) in [5, 5.41) is 13.9. The number of alkyl halides is 3. The molecule has 1 fully saturated rings. The fraction of sp³-hybridized carbons (Fsp3) is 0.444. The van der Waals surface area contributed by atoms with Crippen LogP contribution in [0.1, 0.15) is 56.3 Å². The summed E-state index contributed by atoms with van der Waals surface area (Å²) in [6.07, 6.45) is -0.415. The smallest absolute Gasteiger partial charge is 0.416 e. The van der Waals surface area contributed by atoms with Gasteiger partial charge in [0.1, 0.15) is 17.9 Å². The van der Waals surface area contributed by atoms with E-state index in [2.05, 4.69) is 26.8 Å². The Morgan fingerprint density at radius 2 is 2.05 bits per heavy atom. The van der Waals surface area contributed by atoms with E-state index in [1.807, 2.05) is 4.90 Å². The molecule has 0 bridgehead atoms. The lowest BCUT2D eigenvalue weighted by Gasteiger charge is -2.28. The van der Waals surface area contributed by atoms with Gasteiger partial charge in [-0.3, -0.25) is 4.90 Å². The monoisotopic (exact) mass is 533 g/mol. The van der Waals surface area contributed by atoms with Crippen LogP contribution in [-0.2, 0) is 0 Å². The second-order valence-corrected chi connectivity index (χ2v) is 9.30. The first-order chi connectivity index (χ1) is 18.1. The van der Waals surface area contributed by atoms with Gasteiger partial charge in [0.05, 0.1) is 12.2 Å². The lowest BCUT2D eigenvalue weighted by molar-refractivity contribution is -0.0887. The first kappa shape index (κ1) is 27.7. The largest absolute Gasteiger partial charge is 0.464 e. The number of hydrogen-bond donors (Lipinski definition) is 2. The second kappa shape index (κ2) is 12.0. The minimum absolute atomic E-state index is 0.0802. The van der Waals surface area contributed by atoms with Gasteiger partial charge in [-0.25, -0.2) is 4.39 Å². The van der Waals surface area contributed by atoms with Crippen molar-refractivity contribution in [3.63, 3.8) is 0 Å². The average molecular weight is 534 g/mol. The van der Waals surface area contributed by atoms with Crippen molar-refractivity contribution in [2.45, 2.75) is 57.3 Å². The van der Waals surface area contributed by atoms with Crippen molar-refractivity contribution >= 4 is 11.5 Å². The van der Waals surface area contributed by atoms with Crippen LogP contribution in [0.15, 0.2) is 54.3 Å². The van der Waals surface area contributed by atoms with E-state index in [9.17, 15) is 22.7 Å². The summed E-state index contributed by atoms with van der Waals surface area (Å²) in [5.74, 6) is 0.136. The first-order valence-electron chi connectivity index (χ1n) is 12.6. The van der Waals surface area contributed by atoms with Gasteiger partial charge in [-0.1, -0.05) is 24.8 Å². The number of nitrogens with zero attached hydrogens (tertiary/aromatic N) is 4. The Balaban J connectivity index is 1.49. The number of aliphatic hydroxyl groups is 1. The van der Waals surface area contributed by atoms with E-state index in [1.54, 1.807) is 19.1 Å². The molecule has 2 N–H and O–H groups in total. The quantitative estimate of drug-likeness (QED) is 0.428. The van der Waals surface area contributed by atoms with Crippen LogP contribution in [0, 0.1) is 5.82 Å². The summed E-state index contributed by atoms with van der Waals surface area (Å²) in [7, 11) is 0. The molecule has 0 radical (unpaired) electrons. The number of benzene rings is 1. The molecule has 7 nitrogen and oxygen atoms in total. The van der Waals surface area contributed by atoms with Crippen molar-refractivity contribution in [2.75, 3.05) is 25.0 Å². The number of aromatic nitrogens is 3. The third-order valence-electron chi connectivity index (χ3n) is 6.59. The molecule has 1 aromatic heterocycles. The fourth-order valence-corrected chi connectivity index (χ4v) is 4.62. The third kappa shape index (κ3) is 6.96. The van der Waals surface area contributed by atoms with Crippen LogP contribution >= 0.6 is 0 Å². The third-order valence-corrected chi connectivity index (χ3v) is 6.59. The van der Waals surface area contributed by atoms with Crippen LogP contribution in [0.25, 0.3) is 5.57 Å². The SMILES string of the molecule is C=C(c1cccc(F)c1)C(O)N1CCCC(c2nc(NC3=CC(C(F)(F)F)=CCC3)nc(OCC)n2)CC1. The summed E-state index contributed by atoms with van der Waals surface area (Å²) < 4.78 is 58.7. The predicted octanol–water partition coefficient (Wildman–Crippen LogP) is 5.59. The highest BCUT2D eigenvalue weighted by Crippen LogP contribution is 2.33. The minimum Gasteiger partial charge on any atom is -0.464 e. The summed E-state index contributed by atoms with van der Waals surface area (Å²) in [6, 6.07) is 6.07. The Morgan fingerprint density at radius 3 is 2.79 bits per heavy atom. The summed E-state index contributed by atoms with van der Waals surface area (Å²) in [4.78, 5) is 15.1.